The van der Waals surface area contributed by atoms with E-state index in [1.165, 1.54) is 17.5 Å². The lowest BCUT2D eigenvalue weighted by Gasteiger charge is -2.22. The van der Waals surface area contributed by atoms with Crippen LogP contribution in [0.4, 0.5) is 0 Å². The summed E-state index contributed by atoms with van der Waals surface area (Å²) >= 11 is 0. The van der Waals surface area contributed by atoms with E-state index in [0.29, 0.717) is 6.10 Å². The molecule has 1 aromatic carbocycles. The highest BCUT2D eigenvalue weighted by atomic mass is 16.5. The molecule has 0 aliphatic carbocycles. The first kappa shape index (κ1) is 14.2. The zero-order chi connectivity index (χ0) is 12.7. The normalized spacial score (nSPS) is 14.6. The van der Waals surface area contributed by atoms with Crippen molar-refractivity contribution >= 4 is 0 Å². The summed E-state index contributed by atoms with van der Waals surface area (Å²) in [5, 5.41) is 3.20. The summed E-state index contributed by atoms with van der Waals surface area (Å²) in [6.45, 7) is 7.31. The molecule has 2 nitrogen and oxygen atoms in total. The molecular formula is C15H25NO. The minimum Gasteiger partial charge on any atom is -0.369 e. The van der Waals surface area contributed by atoms with E-state index in [2.05, 4.69) is 50.4 Å². The maximum atomic E-state index is 6.09. The molecule has 0 heterocycles. The van der Waals surface area contributed by atoms with Crippen LogP contribution in [-0.2, 0) is 4.74 Å². The van der Waals surface area contributed by atoms with Gasteiger partial charge in [0.1, 0.15) is 0 Å². The predicted octanol–water partition coefficient (Wildman–Crippen LogP) is 3.46. The zero-order valence-corrected chi connectivity index (χ0v) is 11.5. The fourth-order valence-electron chi connectivity index (χ4n) is 1.97. The molecule has 0 fully saturated rings. The third-order valence-corrected chi connectivity index (χ3v) is 2.93. The van der Waals surface area contributed by atoms with Crippen molar-refractivity contribution in [3.05, 3.63) is 35.4 Å². The van der Waals surface area contributed by atoms with Gasteiger partial charge in [-0.3, -0.25) is 0 Å². The van der Waals surface area contributed by atoms with E-state index in [9.17, 15) is 0 Å². The minimum absolute atomic E-state index is 0.155. The molecule has 1 N–H and O–H groups in total. The van der Waals surface area contributed by atoms with Gasteiger partial charge >= 0.3 is 0 Å². The summed E-state index contributed by atoms with van der Waals surface area (Å²) in [7, 11) is 1.97. The largest absolute Gasteiger partial charge is 0.369 e. The van der Waals surface area contributed by atoms with Gasteiger partial charge in [-0.15, -0.1) is 0 Å². The second-order valence-corrected chi connectivity index (χ2v) is 4.69. The summed E-state index contributed by atoms with van der Waals surface area (Å²) in [5.41, 5.74) is 2.55. The number of benzene rings is 1. The topological polar surface area (TPSA) is 21.3 Å². The molecule has 0 aromatic heterocycles. The van der Waals surface area contributed by atoms with Crippen LogP contribution < -0.4 is 5.32 Å². The first-order valence-electron chi connectivity index (χ1n) is 6.54. The molecule has 96 valence electrons. The van der Waals surface area contributed by atoms with Crippen molar-refractivity contribution in [2.75, 3.05) is 13.6 Å². The van der Waals surface area contributed by atoms with Crippen molar-refractivity contribution in [1.82, 2.24) is 5.32 Å². The van der Waals surface area contributed by atoms with E-state index in [0.717, 1.165) is 13.0 Å². The van der Waals surface area contributed by atoms with E-state index in [1.54, 1.807) is 0 Å². The van der Waals surface area contributed by atoms with Gasteiger partial charge in [0, 0.05) is 6.54 Å². The lowest BCUT2D eigenvalue weighted by atomic mass is 10.1. The Morgan fingerprint density at radius 1 is 1.24 bits per heavy atom. The quantitative estimate of drug-likeness (QED) is 0.781. The fourth-order valence-corrected chi connectivity index (χ4v) is 1.97. The van der Waals surface area contributed by atoms with E-state index in [4.69, 9.17) is 4.74 Å². The standard InChI is InChI=1S/C15H25NO/c1-5-6-13(3)17-15(11-16-4)14-9-7-12(2)8-10-14/h7-10,13,15-16H,5-6,11H2,1-4H3. The lowest BCUT2D eigenvalue weighted by Crippen LogP contribution is -2.23. The fraction of sp³-hybridized carbons (Fsp3) is 0.600. The maximum Gasteiger partial charge on any atom is 0.0952 e. The molecular weight excluding hydrogens is 210 g/mol. The highest BCUT2D eigenvalue weighted by Crippen LogP contribution is 2.20. The highest BCUT2D eigenvalue weighted by molar-refractivity contribution is 5.23. The van der Waals surface area contributed by atoms with E-state index in [1.807, 2.05) is 7.05 Å². The monoisotopic (exact) mass is 235 g/mol. The molecule has 0 saturated carbocycles. The first-order valence-corrected chi connectivity index (χ1v) is 6.54. The zero-order valence-electron chi connectivity index (χ0n) is 11.5. The van der Waals surface area contributed by atoms with Crippen LogP contribution in [0.15, 0.2) is 24.3 Å². The van der Waals surface area contributed by atoms with Gasteiger partial charge in [-0.2, -0.15) is 0 Å². The van der Waals surface area contributed by atoms with Gasteiger partial charge in [-0.25, -0.2) is 0 Å². The van der Waals surface area contributed by atoms with Crippen molar-refractivity contribution in [2.45, 2.75) is 45.8 Å². The molecule has 0 aliphatic rings. The van der Waals surface area contributed by atoms with Gasteiger partial charge < -0.3 is 10.1 Å². The first-order chi connectivity index (χ1) is 8.17. The third-order valence-electron chi connectivity index (χ3n) is 2.93. The van der Waals surface area contributed by atoms with Crippen LogP contribution in [0, 0.1) is 6.92 Å². The molecule has 1 aromatic rings. The number of aryl methyl sites for hydroxylation is 1. The van der Waals surface area contributed by atoms with Crippen molar-refractivity contribution in [1.29, 1.82) is 0 Å². The number of rotatable bonds is 7. The minimum atomic E-state index is 0.155. The number of hydrogen-bond acceptors (Lipinski definition) is 2. The third kappa shape index (κ3) is 4.88. The van der Waals surface area contributed by atoms with Crippen molar-refractivity contribution < 1.29 is 4.74 Å². The second-order valence-electron chi connectivity index (χ2n) is 4.69. The van der Waals surface area contributed by atoms with Crippen LogP contribution >= 0.6 is 0 Å². The number of likely N-dealkylation sites (N-methyl/N-ethyl adjacent to an activating group) is 1. The Morgan fingerprint density at radius 3 is 2.41 bits per heavy atom. The summed E-state index contributed by atoms with van der Waals surface area (Å²) in [6.07, 6.45) is 2.76. The molecule has 1 rings (SSSR count). The van der Waals surface area contributed by atoms with Gasteiger partial charge in [0.2, 0.25) is 0 Å². The van der Waals surface area contributed by atoms with Gasteiger partial charge in [-0.05, 0) is 32.9 Å². The SMILES string of the molecule is CCCC(C)OC(CNC)c1ccc(C)cc1. The molecule has 0 radical (unpaired) electrons. The molecule has 0 bridgehead atoms. The highest BCUT2D eigenvalue weighted by Gasteiger charge is 2.14. The van der Waals surface area contributed by atoms with E-state index >= 15 is 0 Å². The second kappa shape index (κ2) is 7.46. The Labute approximate surface area is 105 Å². The molecule has 0 saturated heterocycles. The molecule has 0 spiro atoms. The van der Waals surface area contributed by atoms with Gasteiger partial charge in [-0.1, -0.05) is 43.2 Å². The molecule has 0 aliphatic heterocycles. The maximum absolute atomic E-state index is 6.09. The Kier molecular flexibility index (Phi) is 6.23. The Morgan fingerprint density at radius 2 is 1.88 bits per heavy atom. The van der Waals surface area contributed by atoms with Crippen LogP contribution in [0.3, 0.4) is 0 Å². The lowest BCUT2D eigenvalue weighted by molar-refractivity contribution is -0.00631. The predicted molar refractivity (Wildman–Crippen MR) is 73.3 cm³/mol. The molecule has 2 atom stereocenters. The van der Waals surface area contributed by atoms with Crippen molar-refractivity contribution in [2.24, 2.45) is 0 Å². The van der Waals surface area contributed by atoms with Crippen LogP contribution in [-0.4, -0.2) is 19.7 Å². The van der Waals surface area contributed by atoms with E-state index in [-0.39, 0.29) is 6.10 Å². The van der Waals surface area contributed by atoms with E-state index < -0.39 is 0 Å². The average Bonchev–Trinajstić information content (AvgIpc) is 2.30. The van der Waals surface area contributed by atoms with Crippen molar-refractivity contribution in [3.8, 4) is 0 Å². The number of hydrogen-bond donors (Lipinski definition) is 1. The Hall–Kier alpha value is -0.860. The molecule has 2 unspecified atom stereocenters. The van der Waals surface area contributed by atoms with Gasteiger partial charge in [0.25, 0.3) is 0 Å². The molecule has 2 heteroatoms. The average molecular weight is 235 g/mol. The smallest absolute Gasteiger partial charge is 0.0952 e. The van der Waals surface area contributed by atoms with Gasteiger partial charge in [0.05, 0.1) is 12.2 Å². The summed E-state index contributed by atoms with van der Waals surface area (Å²) < 4.78 is 6.09. The molecule has 17 heavy (non-hydrogen) atoms. The van der Waals surface area contributed by atoms with Gasteiger partial charge in [0.15, 0.2) is 0 Å². The van der Waals surface area contributed by atoms with Crippen LogP contribution in [0.1, 0.15) is 43.9 Å². The molecule has 0 amide bonds. The Balaban J connectivity index is 2.67. The Bertz CT molecular complexity index is 307. The van der Waals surface area contributed by atoms with Crippen LogP contribution in [0.25, 0.3) is 0 Å². The number of nitrogens with one attached hydrogen (secondary N) is 1. The van der Waals surface area contributed by atoms with Crippen LogP contribution in [0.5, 0.6) is 0 Å². The summed E-state index contributed by atoms with van der Waals surface area (Å²) in [4.78, 5) is 0. The summed E-state index contributed by atoms with van der Waals surface area (Å²) in [5.74, 6) is 0. The number of ether oxygens (including phenoxy) is 1. The van der Waals surface area contributed by atoms with Crippen molar-refractivity contribution in [3.63, 3.8) is 0 Å². The van der Waals surface area contributed by atoms with Crippen LogP contribution in [0.2, 0.25) is 0 Å². The summed E-state index contributed by atoms with van der Waals surface area (Å²) in [6, 6.07) is 8.61.